The summed E-state index contributed by atoms with van der Waals surface area (Å²) in [7, 11) is 1.61. The summed E-state index contributed by atoms with van der Waals surface area (Å²) in [4.78, 5) is 17.4. The third-order valence-corrected chi connectivity index (χ3v) is 4.81. The molecule has 0 aliphatic heterocycles. The zero-order valence-electron chi connectivity index (χ0n) is 14.4. The molecule has 4 rings (SSSR count). The van der Waals surface area contributed by atoms with Crippen LogP contribution < -0.4 is 9.75 Å². The second-order valence-electron chi connectivity index (χ2n) is 5.58. The molecule has 0 fully saturated rings. The highest BCUT2D eigenvalue weighted by molar-refractivity contribution is 7.22. The van der Waals surface area contributed by atoms with Crippen molar-refractivity contribution in [2.75, 3.05) is 12.1 Å². The molecule has 0 radical (unpaired) electrons. The van der Waals surface area contributed by atoms with Crippen molar-refractivity contribution in [3.05, 3.63) is 78.3 Å². The smallest absolute Gasteiger partial charge is 0.316 e. The highest BCUT2D eigenvalue weighted by Crippen LogP contribution is 2.32. The molecule has 0 aliphatic carbocycles. The fraction of sp³-hybridized carbons (Fsp3) is 0.0500. The summed E-state index contributed by atoms with van der Waals surface area (Å²) in [5, 5.41) is 6.08. The molecule has 0 atom stereocenters. The van der Waals surface area contributed by atoms with E-state index < -0.39 is 5.91 Å². The van der Waals surface area contributed by atoms with E-state index in [0.29, 0.717) is 5.13 Å². The van der Waals surface area contributed by atoms with Crippen molar-refractivity contribution in [2.24, 2.45) is 5.10 Å². The van der Waals surface area contributed by atoms with E-state index in [2.05, 4.69) is 10.1 Å². The van der Waals surface area contributed by atoms with Crippen molar-refractivity contribution in [3.63, 3.8) is 0 Å². The van der Waals surface area contributed by atoms with Crippen LogP contribution in [0.5, 0.6) is 5.75 Å². The zero-order chi connectivity index (χ0) is 18.6. The molecule has 1 amide bonds. The van der Waals surface area contributed by atoms with Gasteiger partial charge in [0.2, 0.25) is 5.13 Å². The maximum atomic E-state index is 12.9. The van der Waals surface area contributed by atoms with Gasteiger partial charge in [0.1, 0.15) is 5.75 Å². The van der Waals surface area contributed by atoms with Crippen LogP contribution in [0.4, 0.5) is 5.13 Å². The van der Waals surface area contributed by atoms with Gasteiger partial charge in [0.05, 0.1) is 29.8 Å². The van der Waals surface area contributed by atoms with Crippen molar-refractivity contribution in [3.8, 4) is 5.75 Å². The van der Waals surface area contributed by atoms with Crippen molar-refractivity contribution >= 4 is 38.8 Å². The van der Waals surface area contributed by atoms with E-state index in [4.69, 9.17) is 9.15 Å². The predicted octanol–water partition coefficient (Wildman–Crippen LogP) is 4.58. The van der Waals surface area contributed by atoms with Gasteiger partial charge in [-0.15, -0.1) is 0 Å². The van der Waals surface area contributed by atoms with Crippen LogP contribution in [0, 0.1) is 0 Å². The van der Waals surface area contributed by atoms with Crippen LogP contribution >= 0.6 is 11.3 Å². The van der Waals surface area contributed by atoms with Gasteiger partial charge in [0, 0.05) is 0 Å². The molecular weight excluding hydrogens is 362 g/mol. The van der Waals surface area contributed by atoms with Crippen LogP contribution in [0.3, 0.4) is 0 Å². The number of rotatable bonds is 5. The summed E-state index contributed by atoms with van der Waals surface area (Å²) in [5.74, 6) is 0.532. The highest BCUT2D eigenvalue weighted by Gasteiger charge is 2.23. The molecular formula is C20H15N3O3S. The molecule has 2 heterocycles. The molecule has 2 aromatic carbocycles. The number of methoxy groups -OCH3 is 1. The largest absolute Gasteiger partial charge is 0.497 e. The minimum Gasteiger partial charge on any atom is -0.497 e. The molecule has 0 spiro atoms. The summed E-state index contributed by atoms with van der Waals surface area (Å²) >= 11 is 1.35. The SMILES string of the molecule is COc1ccc2nc(N(/N=C/c3ccccc3)C(=O)c3ccco3)sc2c1. The number of anilines is 1. The average Bonchev–Trinajstić information content (AvgIpc) is 3.38. The average molecular weight is 377 g/mol. The number of hydrogen-bond acceptors (Lipinski definition) is 6. The zero-order valence-corrected chi connectivity index (χ0v) is 15.2. The fourth-order valence-electron chi connectivity index (χ4n) is 2.47. The van der Waals surface area contributed by atoms with Gasteiger partial charge in [-0.1, -0.05) is 41.7 Å². The Morgan fingerprint density at radius 3 is 2.78 bits per heavy atom. The maximum absolute atomic E-state index is 12.9. The molecule has 134 valence electrons. The molecule has 0 saturated carbocycles. The quantitative estimate of drug-likeness (QED) is 0.377. The lowest BCUT2D eigenvalue weighted by Crippen LogP contribution is -2.25. The number of hydrogen-bond donors (Lipinski definition) is 0. The summed E-state index contributed by atoms with van der Waals surface area (Å²) in [6.45, 7) is 0. The van der Waals surface area contributed by atoms with Crippen LogP contribution in [0.15, 0.2) is 76.4 Å². The standard InChI is InChI=1S/C20H15N3O3S/c1-25-15-9-10-16-18(12-15)27-20(22-16)23(19(24)17-8-5-11-26-17)21-13-14-6-3-2-4-7-14/h2-13H,1H3/b21-13+. The molecule has 0 aliphatic rings. The molecule has 4 aromatic rings. The Labute approximate surface area is 159 Å². The second kappa shape index (κ2) is 7.43. The van der Waals surface area contributed by atoms with E-state index in [1.165, 1.54) is 22.6 Å². The Morgan fingerprint density at radius 1 is 1.19 bits per heavy atom. The van der Waals surface area contributed by atoms with Crippen molar-refractivity contribution < 1.29 is 13.9 Å². The normalized spacial score (nSPS) is 11.1. The molecule has 2 aromatic heterocycles. The Bertz CT molecular complexity index is 1090. The number of carbonyl (C=O) groups excluding carboxylic acids is 1. The number of amides is 1. The van der Waals surface area contributed by atoms with Crippen LogP contribution in [0.1, 0.15) is 16.1 Å². The van der Waals surface area contributed by atoms with Gasteiger partial charge < -0.3 is 9.15 Å². The van der Waals surface area contributed by atoms with Gasteiger partial charge in [-0.25, -0.2) is 4.98 Å². The number of thiazole rings is 1. The van der Waals surface area contributed by atoms with Crippen LogP contribution in [-0.2, 0) is 0 Å². The molecule has 0 saturated heterocycles. The van der Waals surface area contributed by atoms with Gasteiger partial charge in [-0.3, -0.25) is 4.79 Å². The first-order chi connectivity index (χ1) is 13.2. The Kier molecular flexibility index (Phi) is 4.67. The van der Waals surface area contributed by atoms with Crippen LogP contribution in [-0.4, -0.2) is 24.2 Å². The van der Waals surface area contributed by atoms with E-state index in [-0.39, 0.29) is 5.76 Å². The predicted molar refractivity (Wildman–Crippen MR) is 106 cm³/mol. The lowest BCUT2D eigenvalue weighted by Gasteiger charge is -2.11. The fourth-order valence-corrected chi connectivity index (χ4v) is 3.42. The van der Waals surface area contributed by atoms with Crippen LogP contribution in [0.25, 0.3) is 10.2 Å². The molecule has 0 unspecified atom stereocenters. The summed E-state index contributed by atoms with van der Waals surface area (Å²) in [6.07, 6.45) is 3.07. The minimum atomic E-state index is -0.391. The topological polar surface area (TPSA) is 67.9 Å². The van der Waals surface area contributed by atoms with E-state index in [9.17, 15) is 4.79 Å². The Balaban J connectivity index is 1.75. The molecule has 6 nitrogen and oxygen atoms in total. The number of nitrogens with zero attached hydrogens (tertiary/aromatic N) is 3. The van der Waals surface area contributed by atoms with Crippen molar-refractivity contribution in [1.82, 2.24) is 4.98 Å². The van der Waals surface area contributed by atoms with Gasteiger partial charge in [-0.05, 0) is 35.9 Å². The number of ether oxygens (including phenoxy) is 1. The summed E-state index contributed by atoms with van der Waals surface area (Å²) in [6, 6.07) is 18.4. The number of aromatic nitrogens is 1. The van der Waals surface area contributed by atoms with E-state index in [1.54, 1.807) is 25.5 Å². The van der Waals surface area contributed by atoms with E-state index >= 15 is 0 Å². The lowest BCUT2D eigenvalue weighted by atomic mass is 10.2. The third kappa shape index (κ3) is 3.58. The Hall–Kier alpha value is -3.45. The van der Waals surface area contributed by atoms with E-state index in [0.717, 1.165) is 21.5 Å². The molecule has 27 heavy (non-hydrogen) atoms. The Morgan fingerprint density at radius 2 is 2.04 bits per heavy atom. The lowest BCUT2D eigenvalue weighted by molar-refractivity contribution is 0.0961. The number of fused-ring (bicyclic) bond motifs is 1. The monoisotopic (exact) mass is 377 g/mol. The third-order valence-electron chi connectivity index (χ3n) is 3.81. The number of carbonyl (C=O) groups is 1. The molecule has 0 bridgehead atoms. The number of benzene rings is 2. The summed E-state index contributed by atoms with van der Waals surface area (Å²) < 4.78 is 11.4. The van der Waals surface area contributed by atoms with Crippen molar-refractivity contribution in [1.29, 1.82) is 0 Å². The first kappa shape index (κ1) is 17.0. The highest BCUT2D eigenvalue weighted by atomic mass is 32.1. The second-order valence-corrected chi connectivity index (χ2v) is 6.59. The van der Waals surface area contributed by atoms with Crippen LogP contribution in [0.2, 0.25) is 0 Å². The molecule has 0 N–H and O–H groups in total. The summed E-state index contributed by atoms with van der Waals surface area (Å²) in [5.41, 5.74) is 1.64. The first-order valence-electron chi connectivity index (χ1n) is 8.16. The number of hydrazone groups is 1. The van der Waals surface area contributed by atoms with Gasteiger partial charge in [-0.2, -0.15) is 10.1 Å². The van der Waals surface area contributed by atoms with Crippen molar-refractivity contribution in [2.45, 2.75) is 0 Å². The van der Waals surface area contributed by atoms with E-state index in [1.807, 2.05) is 48.5 Å². The number of furan rings is 1. The van der Waals surface area contributed by atoms with Gasteiger partial charge >= 0.3 is 5.91 Å². The first-order valence-corrected chi connectivity index (χ1v) is 8.98. The molecule has 7 heteroatoms. The maximum Gasteiger partial charge on any atom is 0.316 e. The van der Waals surface area contributed by atoms with Gasteiger partial charge in [0.15, 0.2) is 5.76 Å². The minimum absolute atomic E-state index is 0.192. The van der Waals surface area contributed by atoms with Gasteiger partial charge in [0.25, 0.3) is 0 Å².